The van der Waals surface area contributed by atoms with Crippen molar-refractivity contribution in [3.05, 3.63) is 109 Å². The van der Waals surface area contributed by atoms with Crippen LogP contribution < -0.4 is 12.4 Å². The molecule has 3 aromatic carbocycles. The van der Waals surface area contributed by atoms with E-state index in [2.05, 4.69) is 0 Å². The van der Waals surface area contributed by atoms with E-state index in [1.807, 2.05) is 109 Å². The quantitative estimate of drug-likeness (QED) is 0.514. The summed E-state index contributed by atoms with van der Waals surface area (Å²) in [5, 5.41) is 0. The molecule has 0 nitrogen and oxygen atoms in total. The molecule has 4 radical (unpaired) electrons. The third-order valence-electron chi connectivity index (χ3n) is 2.00. The average molecular weight is 389 g/mol. The van der Waals surface area contributed by atoms with Gasteiger partial charge >= 0.3 is 0 Å². The molecule has 0 aliphatic heterocycles. The van der Waals surface area contributed by atoms with E-state index in [4.69, 9.17) is 0 Å². The monoisotopic (exact) mass is 389 g/mol. The second kappa shape index (κ2) is 17.7. The second-order valence-electron chi connectivity index (χ2n) is 3.46. The topological polar surface area (TPSA) is 0 Å². The van der Waals surface area contributed by atoms with Crippen LogP contribution in [0.4, 0.5) is 0 Å². The summed E-state index contributed by atoms with van der Waals surface area (Å²) in [6.07, 6.45) is 0. The maximum Gasteiger partial charge on any atom is 0 e. The van der Waals surface area contributed by atoms with Crippen LogP contribution in [-0.4, -0.2) is 23.9 Å². The molecule has 3 rings (SSSR count). The van der Waals surface area contributed by atoms with E-state index in [0.29, 0.717) is 0 Å². The van der Waals surface area contributed by atoms with Crippen LogP contribution in [0.25, 0.3) is 0 Å². The van der Waals surface area contributed by atoms with Crippen molar-refractivity contribution in [3.63, 3.8) is 0 Å². The number of hydrogen-bond donors (Lipinski definition) is 0. The van der Waals surface area contributed by atoms with Crippen LogP contribution in [-0.2, 0) is 0 Å². The van der Waals surface area contributed by atoms with Gasteiger partial charge in [0.1, 0.15) is 0 Å². The van der Waals surface area contributed by atoms with Gasteiger partial charge < -0.3 is 12.4 Å². The molecule has 0 aliphatic rings. The molecule has 0 N–H and O–H groups in total. The number of hydrogen-bond acceptors (Lipinski definition) is 0. The van der Waals surface area contributed by atoms with Crippen LogP contribution in [0.5, 0.6) is 0 Å². The predicted molar refractivity (Wildman–Crippen MR) is 85.1 cm³/mol. The van der Waals surface area contributed by atoms with Crippen molar-refractivity contribution >= 4 is 23.9 Å². The van der Waals surface area contributed by atoms with Gasteiger partial charge in [-0.05, 0) is 0 Å². The molecule has 3 aromatic rings. The predicted octanol–water partition coefficient (Wildman–Crippen LogP) is 1.68. The molecule has 2 heteroatoms. The molecule has 0 heterocycles. The van der Waals surface area contributed by atoms with Gasteiger partial charge in [-0.25, -0.2) is 0 Å². The Morgan fingerprint density at radius 3 is 0.300 bits per heavy atom. The Labute approximate surface area is 145 Å². The van der Waals surface area contributed by atoms with Crippen molar-refractivity contribution in [2.45, 2.75) is 0 Å². The summed E-state index contributed by atoms with van der Waals surface area (Å²) in [7, 11) is 0. The molecule has 0 saturated carbocycles. The summed E-state index contributed by atoms with van der Waals surface area (Å²) in [6, 6.07) is 36.0. The maximum atomic E-state index is 2.00. The first-order valence-corrected chi connectivity index (χ1v) is 6.00. The molecule has 0 aliphatic carbocycles. The van der Waals surface area contributed by atoms with Crippen molar-refractivity contribution < 1.29 is 12.4 Å². The SMILES string of the molecule is [Cl-].[Sn].c1ccccc1.c1ccccc1.c1ccccc1. The first-order valence-electron chi connectivity index (χ1n) is 6.00. The Hall–Kier alpha value is -1.25. The van der Waals surface area contributed by atoms with Gasteiger partial charge in [0, 0.05) is 23.9 Å². The summed E-state index contributed by atoms with van der Waals surface area (Å²) >= 11 is 0. The van der Waals surface area contributed by atoms with Crippen LogP contribution in [0.3, 0.4) is 0 Å². The van der Waals surface area contributed by atoms with Gasteiger partial charge in [0.05, 0.1) is 0 Å². The molecule has 102 valence electrons. The summed E-state index contributed by atoms with van der Waals surface area (Å²) in [5.74, 6) is 0. The molecular weight excluding hydrogens is 370 g/mol. The molecule has 0 bridgehead atoms. The number of benzene rings is 3. The first kappa shape index (κ1) is 21.1. The van der Waals surface area contributed by atoms with Crippen LogP contribution >= 0.6 is 0 Å². The standard InChI is InChI=1S/3C6H6.ClH.Sn/c3*1-2-4-6-5-3-1;;/h3*1-6H;1H;/p-1. The van der Waals surface area contributed by atoms with E-state index >= 15 is 0 Å². The van der Waals surface area contributed by atoms with Crippen LogP contribution in [0.15, 0.2) is 109 Å². The Bertz CT molecular complexity index is 302. The van der Waals surface area contributed by atoms with E-state index in [1.54, 1.807) is 0 Å². The fourth-order valence-electron chi connectivity index (χ4n) is 1.15. The molecule has 0 saturated heterocycles. The Kier molecular flexibility index (Phi) is 18.7. The third kappa shape index (κ3) is 14.8. The van der Waals surface area contributed by atoms with Gasteiger partial charge in [0.15, 0.2) is 0 Å². The zero-order valence-corrected chi connectivity index (χ0v) is 14.9. The van der Waals surface area contributed by atoms with Crippen molar-refractivity contribution in [1.29, 1.82) is 0 Å². The molecule has 20 heavy (non-hydrogen) atoms. The van der Waals surface area contributed by atoms with E-state index < -0.39 is 0 Å². The van der Waals surface area contributed by atoms with Gasteiger partial charge in [0.25, 0.3) is 0 Å². The maximum absolute atomic E-state index is 2.00. The van der Waals surface area contributed by atoms with Crippen molar-refractivity contribution in [2.24, 2.45) is 0 Å². The summed E-state index contributed by atoms with van der Waals surface area (Å²) in [4.78, 5) is 0. The molecular formula is C18H18ClSn-. The molecule has 0 unspecified atom stereocenters. The Balaban J connectivity index is 0. The summed E-state index contributed by atoms with van der Waals surface area (Å²) in [5.41, 5.74) is 0. The van der Waals surface area contributed by atoms with E-state index in [-0.39, 0.29) is 36.3 Å². The molecule has 0 spiro atoms. The number of halogens is 1. The van der Waals surface area contributed by atoms with Gasteiger partial charge in [-0.1, -0.05) is 109 Å². The Morgan fingerprint density at radius 2 is 0.250 bits per heavy atom. The van der Waals surface area contributed by atoms with E-state index in [1.165, 1.54) is 0 Å². The van der Waals surface area contributed by atoms with Crippen LogP contribution in [0, 0.1) is 0 Å². The normalized spacial score (nSPS) is 7.20. The molecule has 0 aromatic heterocycles. The fourth-order valence-corrected chi connectivity index (χ4v) is 1.15. The van der Waals surface area contributed by atoms with E-state index in [0.717, 1.165) is 0 Å². The Morgan fingerprint density at radius 1 is 0.200 bits per heavy atom. The summed E-state index contributed by atoms with van der Waals surface area (Å²) in [6.45, 7) is 0. The minimum Gasteiger partial charge on any atom is -1.00 e. The molecule has 0 fully saturated rings. The van der Waals surface area contributed by atoms with Crippen molar-refractivity contribution in [2.75, 3.05) is 0 Å². The second-order valence-corrected chi connectivity index (χ2v) is 3.46. The largest absolute Gasteiger partial charge is 1.00 e. The first-order chi connectivity index (χ1) is 9.00. The molecule has 0 atom stereocenters. The zero-order valence-electron chi connectivity index (χ0n) is 11.3. The third-order valence-corrected chi connectivity index (χ3v) is 2.00. The van der Waals surface area contributed by atoms with Crippen LogP contribution in [0.1, 0.15) is 0 Å². The van der Waals surface area contributed by atoms with Gasteiger partial charge in [-0.3, -0.25) is 0 Å². The van der Waals surface area contributed by atoms with Crippen LogP contribution in [0.2, 0.25) is 0 Å². The van der Waals surface area contributed by atoms with E-state index in [9.17, 15) is 0 Å². The molecule has 0 amide bonds. The smallest absolute Gasteiger partial charge is 0 e. The minimum absolute atomic E-state index is 0. The number of rotatable bonds is 0. The average Bonchev–Trinajstić information content (AvgIpc) is 2.54. The van der Waals surface area contributed by atoms with Crippen molar-refractivity contribution in [3.8, 4) is 0 Å². The summed E-state index contributed by atoms with van der Waals surface area (Å²) < 4.78 is 0. The van der Waals surface area contributed by atoms with Gasteiger partial charge in [-0.15, -0.1) is 0 Å². The van der Waals surface area contributed by atoms with Gasteiger partial charge in [-0.2, -0.15) is 0 Å². The van der Waals surface area contributed by atoms with Gasteiger partial charge in [0.2, 0.25) is 0 Å². The van der Waals surface area contributed by atoms with Crippen molar-refractivity contribution in [1.82, 2.24) is 0 Å². The minimum atomic E-state index is 0. The fraction of sp³-hybridized carbons (Fsp3) is 0. The zero-order chi connectivity index (χ0) is 12.7.